The second-order valence-corrected chi connectivity index (χ2v) is 4.24. The van der Waals surface area contributed by atoms with Gasteiger partial charge in [0.05, 0.1) is 6.54 Å². The predicted octanol–water partition coefficient (Wildman–Crippen LogP) is -0.336. The summed E-state index contributed by atoms with van der Waals surface area (Å²) >= 11 is 0. The van der Waals surface area contributed by atoms with Crippen molar-refractivity contribution in [2.24, 2.45) is 5.92 Å². The number of carbonyl (C=O) groups is 1. The largest absolute Gasteiger partial charge is 0.355 e. The Labute approximate surface area is 86.0 Å². The number of hydrogen-bond donors (Lipinski definition) is 2. The molecular formula is C10H21N3O. The van der Waals surface area contributed by atoms with Gasteiger partial charge >= 0.3 is 0 Å². The summed E-state index contributed by atoms with van der Waals surface area (Å²) in [7, 11) is 3.81. The normalized spacial score (nSPS) is 18.5. The maximum Gasteiger partial charge on any atom is 0.234 e. The molecule has 1 saturated heterocycles. The Kier molecular flexibility index (Phi) is 4.90. The van der Waals surface area contributed by atoms with Gasteiger partial charge in [-0.1, -0.05) is 0 Å². The molecule has 0 unspecified atom stereocenters. The van der Waals surface area contributed by atoms with Gasteiger partial charge in [-0.2, -0.15) is 0 Å². The number of nitrogens with zero attached hydrogens (tertiary/aromatic N) is 1. The van der Waals surface area contributed by atoms with E-state index < -0.39 is 0 Å². The summed E-state index contributed by atoms with van der Waals surface area (Å²) in [4.78, 5) is 13.2. The lowest BCUT2D eigenvalue weighted by Crippen LogP contribution is -2.39. The van der Waals surface area contributed by atoms with Crippen molar-refractivity contribution >= 4 is 5.91 Å². The molecule has 82 valence electrons. The fraction of sp³-hybridized carbons (Fsp3) is 0.900. The minimum atomic E-state index is 0.133. The molecule has 0 aromatic carbocycles. The van der Waals surface area contributed by atoms with Crippen LogP contribution in [0.5, 0.6) is 0 Å². The first kappa shape index (κ1) is 11.5. The zero-order valence-corrected chi connectivity index (χ0v) is 9.18. The zero-order valence-electron chi connectivity index (χ0n) is 9.18. The highest BCUT2D eigenvalue weighted by Gasteiger charge is 2.13. The topological polar surface area (TPSA) is 44.4 Å². The molecule has 0 aliphatic carbocycles. The third-order valence-electron chi connectivity index (χ3n) is 2.51. The van der Waals surface area contributed by atoms with Crippen LogP contribution < -0.4 is 10.6 Å². The molecule has 14 heavy (non-hydrogen) atoms. The van der Waals surface area contributed by atoms with Crippen LogP contribution in [0.3, 0.4) is 0 Å². The van der Waals surface area contributed by atoms with E-state index in [4.69, 9.17) is 0 Å². The van der Waals surface area contributed by atoms with Crippen LogP contribution in [0.25, 0.3) is 0 Å². The maximum atomic E-state index is 11.3. The van der Waals surface area contributed by atoms with Crippen LogP contribution in [0.2, 0.25) is 0 Å². The van der Waals surface area contributed by atoms with E-state index in [1.807, 2.05) is 19.0 Å². The molecule has 0 aromatic heterocycles. The summed E-state index contributed by atoms with van der Waals surface area (Å²) in [5.74, 6) is 0.802. The fourth-order valence-corrected chi connectivity index (χ4v) is 1.69. The molecule has 1 aliphatic heterocycles. The first-order valence-electron chi connectivity index (χ1n) is 5.30. The lowest BCUT2D eigenvalue weighted by Gasteiger charge is -2.23. The average Bonchev–Trinajstić information content (AvgIpc) is 2.15. The van der Waals surface area contributed by atoms with Crippen molar-refractivity contribution in [1.29, 1.82) is 0 Å². The van der Waals surface area contributed by atoms with Gasteiger partial charge in [0.2, 0.25) is 5.91 Å². The first-order chi connectivity index (χ1) is 6.68. The Morgan fingerprint density at radius 1 is 1.43 bits per heavy atom. The third-order valence-corrected chi connectivity index (χ3v) is 2.51. The molecule has 0 spiro atoms. The Hall–Kier alpha value is -0.610. The van der Waals surface area contributed by atoms with Crippen LogP contribution in [-0.2, 0) is 4.79 Å². The number of rotatable bonds is 4. The van der Waals surface area contributed by atoms with Crippen LogP contribution in [0.1, 0.15) is 12.8 Å². The summed E-state index contributed by atoms with van der Waals surface area (Å²) in [6.45, 7) is 3.52. The number of likely N-dealkylation sites (N-methyl/N-ethyl adjacent to an activating group) is 1. The van der Waals surface area contributed by atoms with E-state index in [9.17, 15) is 4.79 Å². The quantitative estimate of drug-likeness (QED) is 0.651. The predicted molar refractivity (Wildman–Crippen MR) is 57.2 cm³/mol. The van der Waals surface area contributed by atoms with Gasteiger partial charge in [-0.25, -0.2) is 0 Å². The van der Waals surface area contributed by atoms with Crippen LogP contribution in [0, 0.1) is 5.92 Å². The minimum absolute atomic E-state index is 0.133. The molecule has 1 amide bonds. The van der Waals surface area contributed by atoms with E-state index >= 15 is 0 Å². The molecule has 0 saturated carbocycles. The summed E-state index contributed by atoms with van der Waals surface area (Å²) in [5.41, 5.74) is 0. The SMILES string of the molecule is CN(C)CC(=O)NCC1CCNCC1. The van der Waals surface area contributed by atoms with E-state index in [1.165, 1.54) is 12.8 Å². The highest BCUT2D eigenvalue weighted by Crippen LogP contribution is 2.09. The molecule has 1 heterocycles. The number of hydrogen-bond acceptors (Lipinski definition) is 3. The number of nitrogens with one attached hydrogen (secondary N) is 2. The molecule has 0 bridgehead atoms. The number of carbonyl (C=O) groups excluding carboxylic acids is 1. The second-order valence-electron chi connectivity index (χ2n) is 4.24. The first-order valence-corrected chi connectivity index (χ1v) is 5.30. The summed E-state index contributed by atoms with van der Waals surface area (Å²) in [6, 6.07) is 0. The maximum absolute atomic E-state index is 11.3. The molecule has 2 N–H and O–H groups in total. The molecule has 1 aliphatic rings. The molecule has 4 nitrogen and oxygen atoms in total. The molecule has 1 rings (SSSR count). The average molecular weight is 199 g/mol. The Bertz CT molecular complexity index is 176. The summed E-state index contributed by atoms with van der Waals surface area (Å²) < 4.78 is 0. The fourth-order valence-electron chi connectivity index (χ4n) is 1.69. The van der Waals surface area contributed by atoms with E-state index in [0.717, 1.165) is 19.6 Å². The van der Waals surface area contributed by atoms with Gasteiger partial charge in [0.15, 0.2) is 0 Å². The standard InChI is InChI=1S/C10H21N3O/c1-13(2)8-10(14)12-7-9-3-5-11-6-4-9/h9,11H,3-8H2,1-2H3,(H,12,14). The van der Waals surface area contributed by atoms with Crippen molar-refractivity contribution in [3.05, 3.63) is 0 Å². The van der Waals surface area contributed by atoms with Gasteiger partial charge in [0.25, 0.3) is 0 Å². The van der Waals surface area contributed by atoms with E-state index in [-0.39, 0.29) is 5.91 Å². The second kappa shape index (κ2) is 5.98. The highest BCUT2D eigenvalue weighted by atomic mass is 16.1. The van der Waals surface area contributed by atoms with Crippen LogP contribution in [0.15, 0.2) is 0 Å². The molecular weight excluding hydrogens is 178 g/mol. The van der Waals surface area contributed by atoms with Gasteiger partial charge in [0, 0.05) is 6.54 Å². The van der Waals surface area contributed by atoms with Crippen LogP contribution in [-0.4, -0.2) is 51.1 Å². The van der Waals surface area contributed by atoms with Crippen LogP contribution >= 0.6 is 0 Å². The van der Waals surface area contributed by atoms with Gasteiger partial charge in [0.1, 0.15) is 0 Å². The van der Waals surface area contributed by atoms with Crippen LogP contribution in [0.4, 0.5) is 0 Å². The van der Waals surface area contributed by atoms with E-state index in [2.05, 4.69) is 10.6 Å². The summed E-state index contributed by atoms with van der Waals surface area (Å²) in [6.07, 6.45) is 2.37. The minimum Gasteiger partial charge on any atom is -0.355 e. The van der Waals surface area contributed by atoms with E-state index in [0.29, 0.717) is 12.5 Å². The Balaban J connectivity index is 2.09. The molecule has 4 heteroatoms. The number of amides is 1. The zero-order chi connectivity index (χ0) is 10.4. The molecule has 1 fully saturated rings. The Morgan fingerprint density at radius 2 is 2.07 bits per heavy atom. The molecule has 0 radical (unpaired) electrons. The van der Waals surface area contributed by atoms with Crippen molar-refractivity contribution in [3.63, 3.8) is 0 Å². The van der Waals surface area contributed by atoms with Crippen molar-refractivity contribution in [1.82, 2.24) is 15.5 Å². The summed E-state index contributed by atoms with van der Waals surface area (Å²) in [5, 5.41) is 6.29. The smallest absolute Gasteiger partial charge is 0.234 e. The van der Waals surface area contributed by atoms with Gasteiger partial charge < -0.3 is 15.5 Å². The van der Waals surface area contributed by atoms with Crippen molar-refractivity contribution in [3.8, 4) is 0 Å². The van der Waals surface area contributed by atoms with E-state index in [1.54, 1.807) is 0 Å². The number of piperidine rings is 1. The Morgan fingerprint density at radius 3 is 2.64 bits per heavy atom. The molecule has 0 aromatic rings. The van der Waals surface area contributed by atoms with Gasteiger partial charge in [-0.3, -0.25) is 4.79 Å². The van der Waals surface area contributed by atoms with Gasteiger partial charge in [-0.05, 0) is 45.9 Å². The monoisotopic (exact) mass is 199 g/mol. The molecule has 0 atom stereocenters. The van der Waals surface area contributed by atoms with Gasteiger partial charge in [-0.15, -0.1) is 0 Å². The lowest BCUT2D eigenvalue weighted by atomic mass is 9.98. The van der Waals surface area contributed by atoms with Crippen molar-refractivity contribution < 1.29 is 4.79 Å². The lowest BCUT2D eigenvalue weighted by molar-refractivity contribution is -0.121. The van der Waals surface area contributed by atoms with Crippen molar-refractivity contribution in [2.45, 2.75) is 12.8 Å². The van der Waals surface area contributed by atoms with Crippen molar-refractivity contribution in [2.75, 3.05) is 40.3 Å². The highest BCUT2D eigenvalue weighted by molar-refractivity contribution is 5.77. The third kappa shape index (κ3) is 4.58.